The standard InChI is InChI=1S/C24H37N3O4/c1-23(2,3)31-22(30)26-20(21(29)27-18(14-25)10-17-11-19(17)27)24-7-4-5-15(12-24)9-16(13-24)6-8-28/h15-20,28H,4-13H2,1-3H3,(H,26,30). The summed E-state index contributed by atoms with van der Waals surface area (Å²) >= 11 is 0. The zero-order valence-electron chi connectivity index (χ0n) is 19.1. The van der Waals surface area contributed by atoms with Crippen LogP contribution in [0.25, 0.3) is 0 Å². The molecule has 1 heterocycles. The Bertz CT molecular complexity index is 757. The van der Waals surface area contributed by atoms with Gasteiger partial charge in [0.1, 0.15) is 17.7 Å². The number of fused-ring (bicyclic) bond motifs is 3. The summed E-state index contributed by atoms with van der Waals surface area (Å²) in [6.07, 6.45) is 7.79. The summed E-state index contributed by atoms with van der Waals surface area (Å²) in [6, 6.07) is 1.39. The molecule has 7 heteroatoms. The molecule has 0 aromatic rings. The highest BCUT2D eigenvalue weighted by atomic mass is 16.6. The highest BCUT2D eigenvalue weighted by Gasteiger charge is 2.59. The van der Waals surface area contributed by atoms with Crippen LogP contribution >= 0.6 is 0 Å². The third kappa shape index (κ3) is 4.55. The van der Waals surface area contributed by atoms with Crippen LogP contribution in [0.4, 0.5) is 4.79 Å². The summed E-state index contributed by atoms with van der Waals surface area (Å²) < 4.78 is 5.55. The van der Waals surface area contributed by atoms with E-state index in [9.17, 15) is 20.0 Å². The Labute approximate surface area is 185 Å². The summed E-state index contributed by atoms with van der Waals surface area (Å²) in [5.41, 5.74) is -0.983. The number of carbonyl (C=O) groups is 2. The van der Waals surface area contributed by atoms with Gasteiger partial charge in [0.15, 0.2) is 0 Å². The van der Waals surface area contributed by atoms with E-state index in [1.807, 2.05) is 20.8 Å². The normalized spacial score (nSPS) is 37.4. The van der Waals surface area contributed by atoms with Crippen LogP contribution in [0, 0.1) is 34.5 Å². The van der Waals surface area contributed by atoms with Crippen molar-refractivity contribution < 1.29 is 19.4 Å². The first-order valence-electron chi connectivity index (χ1n) is 12.0. The molecule has 3 saturated carbocycles. The SMILES string of the molecule is CC(C)(C)OC(=O)NC(C(=O)N1C(C#N)CC2CC21)C12CCCC(CC(CCO)C1)C2. The summed E-state index contributed by atoms with van der Waals surface area (Å²) in [4.78, 5) is 28.6. The number of alkyl carbamates (subject to hydrolysis) is 1. The first kappa shape index (κ1) is 22.4. The lowest BCUT2D eigenvalue weighted by atomic mass is 9.55. The number of carbonyl (C=O) groups excluding carboxylic acids is 2. The molecule has 1 aliphatic heterocycles. The van der Waals surface area contributed by atoms with Crippen molar-refractivity contribution in [2.75, 3.05) is 6.61 Å². The number of aliphatic hydroxyl groups is 1. The van der Waals surface area contributed by atoms with E-state index >= 15 is 0 Å². The summed E-state index contributed by atoms with van der Waals surface area (Å²) in [5.74, 6) is 1.21. The van der Waals surface area contributed by atoms with Gasteiger partial charge in [0.25, 0.3) is 0 Å². The fraction of sp³-hybridized carbons (Fsp3) is 0.875. The number of amides is 2. The maximum Gasteiger partial charge on any atom is 0.408 e. The second kappa shape index (κ2) is 8.27. The van der Waals surface area contributed by atoms with E-state index in [1.165, 1.54) is 0 Å². The maximum absolute atomic E-state index is 14.0. The molecule has 0 spiro atoms. The van der Waals surface area contributed by atoms with Crippen molar-refractivity contribution in [1.82, 2.24) is 10.2 Å². The van der Waals surface area contributed by atoms with Gasteiger partial charge < -0.3 is 20.1 Å². The van der Waals surface area contributed by atoms with Gasteiger partial charge in [-0.15, -0.1) is 0 Å². The number of piperidine rings is 1. The average molecular weight is 432 g/mol. The van der Waals surface area contributed by atoms with Gasteiger partial charge in [0, 0.05) is 18.1 Å². The summed E-state index contributed by atoms with van der Waals surface area (Å²) in [6.45, 7) is 5.60. The van der Waals surface area contributed by atoms with Gasteiger partial charge in [0.05, 0.1) is 6.07 Å². The quantitative estimate of drug-likeness (QED) is 0.695. The van der Waals surface area contributed by atoms with Crippen molar-refractivity contribution in [2.45, 2.75) is 102 Å². The minimum absolute atomic E-state index is 0.104. The largest absolute Gasteiger partial charge is 0.444 e. The number of nitrogens with one attached hydrogen (secondary N) is 1. The molecule has 0 aromatic heterocycles. The lowest BCUT2D eigenvalue weighted by molar-refractivity contribution is -0.141. The lowest BCUT2D eigenvalue weighted by Gasteiger charge is -2.52. The molecule has 0 radical (unpaired) electrons. The fourth-order valence-corrected chi connectivity index (χ4v) is 6.76. The predicted octanol–water partition coefficient (Wildman–Crippen LogP) is 3.36. The molecular weight excluding hydrogens is 394 g/mol. The van der Waals surface area contributed by atoms with Crippen LogP contribution in [0.5, 0.6) is 0 Å². The highest BCUT2D eigenvalue weighted by molar-refractivity contribution is 5.88. The van der Waals surface area contributed by atoms with Gasteiger partial charge in [0.2, 0.25) is 5.91 Å². The molecule has 7 atom stereocenters. The molecule has 1 saturated heterocycles. The number of aliphatic hydroxyl groups excluding tert-OH is 1. The van der Waals surface area contributed by atoms with E-state index in [-0.39, 0.29) is 24.0 Å². The Kier molecular flexibility index (Phi) is 5.97. The molecule has 7 nitrogen and oxygen atoms in total. The zero-order chi connectivity index (χ0) is 22.4. The minimum Gasteiger partial charge on any atom is -0.444 e. The third-order valence-electron chi connectivity index (χ3n) is 7.91. The lowest BCUT2D eigenvalue weighted by Crippen LogP contribution is -2.61. The number of likely N-dealkylation sites (tertiary alicyclic amines) is 1. The van der Waals surface area contributed by atoms with Gasteiger partial charge in [-0.25, -0.2) is 4.79 Å². The van der Waals surface area contributed by atoms with Crippen molar-refractivity contribution in [3.8, 4) is 6.07 Å². The van der Waals surface area contributed by atoms with Crippen molar-refractivity contribution in [3.63, 3.8) is 0 Å². The Morgan fingerprint density at radius 3 is 2.74 bits per heavy atom. The van der Waals surface area contributed by atoms with E-state index < -0.39 is 23.8 Å². The molecule has 2 amide bonds. The predicted molar refractivity (Wildman–Crippen MR) is 115 cm³/mol. The molecule has 0 aromatic carbocycles. The number of ether oxygens (including phenoxy) is 1. The number of nitriles is 1. The number of nitrogens with zero attached hydrogens (tertiary/aromatic N) is 2. The van der Waals surface area contributed by atoms with E-state index in [2.05, 4.69) is 11.4 Å². The smallest absolute Gasteiger partial charge is 0.408 e. The van der Waals surface area contributed by atoms with E-state index in [0.29, 0.717) is 17.8 Å². The highest BCUT2D eigenvalue weighted by Crippen LogP contribution is 2.55. The summed E-state index contributed by atoms with van der Waals surface area (Å²) in [5, 5.41) is 22.2. The van der Waals surface area contributed by atoms with Crippen LogP contribution < -0.4 is 5.32 Å². The minimum atomic E-state index is -0.679. The first-order chi connectivity index (χ1) is 14.7. The fourth-order valence-electron chi connectivity index (χ4n) is 6.76. The zero-order valence-corrected chi connectivity index (χ0v) is 19.1. The van der Waals surface area contributed by atoms with Crippen LogP contribution in [0.3, 0.4) is 0 Å². The van der Waals surface area contributed by atoms with Gasteiger partial charge >= 0.3 is 6.09 Å². The molecule has 3 aliphatic carbocycles. The topological polar surface area (TPSA) is 103 Å². The third-order valence-corrected chi connectivity index (χ3v) is 7.91. The van der Waals surface area contributed by atoms with Crippen molar-refractivity contribution in [2.24, 2.45) is 23.2 Å². The molecule has 172 valence electrons. The second-order valence-corrected chi connectivity index (χ2v) is 11.4. The Morgan fingerprint density at radius 2 is 2.06 bits per heavy atom. The molecular formula is C24H37N3O4. The average Bonchev–Trinajstić information content (AvgIpc) is 3.34. The van der Waals surface area contributed by atoms with Gasteiger partial charge in [-0.3, -0.25) is 4.79 Å². The number of hydrogen-bond acceptors (Lipinski definition) is 5. The maximum atomic E-state index is 14.0. The van der Waals surface area contributed by atoms with Crippen LogP contribution in [-0.4, -0.2) is 52.3 Å². The Hall–Kier alpha value is -1.81. The number of rotatable bonds is 5. The Morgan fingerprint density at radius 1 is 1.29 bits per heavy atom. The van der Waals surface area contributed by atoms with Crippen LogP contribution in [0.15, 0.2) is 0 Å². The molecule has 4 aliphatic rings. The van der Waals surface area contributed by atoms with Gasteiger partial charge in [-0.05, 0) is 83.5 Å². The van der Waals surface area contributed by atoms with E-state index in [4.69, 9.17) is 4.74 Å². The number of hydrogen-bond donors (Lipinski definition) is 2. The molecule has 31 heavy (non-hydrogen) atoms. The molecule has 4 fully saturated rings. The van der Waals surface area contributed by atoms with Crippen LogP contribution in [-0.2, 0) is 9.53 Å². The van der Waals surface area contributed by atoms with Gasteiger partial charge in [-0.2, -0.15) is 5.26 Å². The molecule has 2 bridgehead atoms. The summed E-state index contributed by atoms with van der Waals surface area (Å²) in [7, 11) is 0. The Balaban J connectivity index is 1.63. The van der Waals surface area contributed by atoms with Gasteiger partial charge in [-0.1, -0.05) is 12.8 Å². The van der Waals surface area contributed by atoms with Crippen LogP contribution in [0.1, 0.15) is 78.6 Å². The van der Waals surface area contributed by atoms with Crippen molar-refractivity contribution in [1.29, 1.82) is 5.26 Å². The van der Waals surface area contributed by atoms with Crippen molar-refractivity contribution >= 4 is 12.0 Å². The first-order valence-corrected chi connectivity index (χ1v) is 12.0. The van der Waals surface area contributed by atoms with Crippen LogP contribution in [0.2, 0.25) is 0 Å². The molecule has 4 rings (SSSR count). The van der Waals surface area contributed by atoms with E-state index in [1.54, 1.807) is 4.90 Å². The monoisotopic (exact) mass is 431 g/mol. The second-order valence-electron chi connectivity index (χ2n) is 11.4. The van der Waals surface area contributed by atoms with Crippen molar-refractivity contribution in [3.05, 3.63) is 0 Å². The molecule has 7 unspecified atom stereocenters. The van der Waals surface area contributed by atoms with E-state index in [0.717, 1.165) is 57.8 Å². The molecule has 2 N–H and O–H groups in total.